The average Bonchev–Trinajstić information content (AvgIpc) is 3.40. The van der Waals surface area contributed by atoms with E-state index in [1.807, 2.05) is 12.1 Å². The quantitative estimate of drug-likeness (QED) is 0.228. The van der Waals surface area contributed by atoms with Gasteiger partial charge in [-0.05, 0) is 50.3 Å². The zero-order chi connectivity index (χ0) is 33.4. The van der Waals surface area contributed by atoms with Gasteiger partial charge in [0, 0.05) is 32.1 Å². The minimum Gasteiger partial charge on any atom is -0.497 e. The molecule has 4 atom stereocenters. The van der Waals surface area contributed by atoms with E-state index in [2.05, 4.69) is 26.0 Å². The number of aryl methyl sites for hydroxylation is 1. The van der Waals surface area contributed by atoms with Gasteiger partial charge < -0.3 is 34.7 Å². The Morgan fingerprint density at radius 3 is 2.28 bits per heavy atom. The lowest BCUT2D eigenvalue weighted by Crippen LogP contribution is -2.57. The first-order valence-corrected chi connectivity index (χ1v) is 16.6. The number of nitrogens with one attached hydrogen (secondary N) is 3. The van der Waals surface area contributed by atoms with Crippen molar-refractivity contribution in [3.63, 3.8) is 0 Å². The highest BCUT2D eigenvalue weighted by atomic mass is 16.6. The molecule has 47 heavy (non-hydrogen) atoms. The number of nitrogens with zero attached hydrogens (tertiary/aromatic N) is 2. The third-order valence-electron chi connectivity index (χ3n) is 9.32. The first-order valence-electron chi connectivity index (χ1n) is 16.6. The first-order chi connectivity index (χ1) is 22.6. The van der Waals surface area contributed by atoms with Crippen molar-refractivity contribution in [2.45, 2.75) is 82.5 Å². The van der Waals surface area contributed by atoms with E-state index < -0.39 is 41.4 Å². The van der Waals surface area contributed by atoms with Gasteiger partial charge in [-0.25, -0.2) is 0 Å². The Bertz CT molecular complexity index is 1380. The lowest BCUT2D eigenvalue weighted by molar-refractivity contribution is -0.133. The summed E-state index contributed by atoms with van der Waals surface area (Å²) in [6.45, 7) is 6.91. The molecule has 0 bridgehead atoms. The molecule has 3 aliphatic rings. The summed E-state index contributed by atoms with van der Waals surface area (Å²) in [6.07, 6.45) is 5.22. The fourth-order valence-electron chi connectivity index (χ4n) is 6.29. The van der Waals surface area contributed by atoms with Gasteiger partial charge in [-0.1, -0.05) is 43.0 Å². The Morgan fingerprint density at radius 2 is 1.66 bits per heavy atom. The van der Waals surface area contributed by atoms with Crippen LogP contribution in [0.25, 0.3) is 0 Å². The minimum atomic E-state index is -1.03. The third kappa shape index (κ3) is 9.61. The zero-order valence-electron chi connectivity index (χ0n) is 27.5. The van der Waals surface area contributed by atoms with Gasteiger partial charge in [-0.3, -0.25) is 24.1 Å². The van der Waals surface area contributed by atoms with Crippen molar-refractivity contribution in [1.29, 1.82) is 0 Å². The molecule has 3 amide bonds. The van der Waals surface area contributed by atoms with E-state index in [0.717, 1.165) is 31.2 Å². The number of Topliss-reactive ketones (excluding diaryl/α,β-unsaturated/α-hetero) is 1. The Balaban J connectivity index is 1.35. The van der Waals surface area contributed by atoms with Crippen molar-refractivity contribution in [2.24, 2.45) is 5.92 Å². The molecule has 2 aliphatic heterocycles. The van der Waals surface area contributed by atoms with Gasteiger partial charge >= 0.3 is 0 Å². The number of amides is 3. The van der Waals surface area contributed by atoms with Crippen LogP contribution in [-0.2, 0) is 30.3 Å². The van der Waals surface area contributed by atoms with E-state index in [1.165, 1.54) is 6.07 Å². The van der Waals surface area contributed by atoms with Crippen molar-refractivity contribution in [1.82, 2.24) is 26.0 Å². The van der Waals surface area contributed by atoms with E-state index in [4.69, 9.17) is 18.7 Å². The Kier molecular flexibility index (Phi) is 11.6. The lowest BCUT2D eigenvalue weighted by Gasteiger charge is -2.29. The van der Waals surface area contributed by atoms with Crippen LogP contribution in [0.2, 0.25) is 0 Å². The van der Waals surface area contributed by atoms with Crippen LogP contribution in [0.3, 0.4) is 0 Å². The molecule has 1 aromatic heterocycles. The van der Waals surface area contributed by atoms with Gasteiger partial charge in [0.15, 0.2) is 5.78 Å². The molecule has 13 heteroatoms. The van der Waals surface area contributed by atoms with Crippen LogP contribution in [0.5, 0.6) is 5.75 Å². The largest absolute Gasteiger partial charge is 0.497 e. The molecular formula is C34H47N5O8. The van der Waals surface area contributed by atoms with E-state index in [1.54, 1.807) is 33.1 Å². The van der Waals surface area contributed by atoms with Crippen LogP contribution < -0.4 is 20.7 Å². The van der Waals surface area contributed by atoms with Gasteiger partial charge in [0.1, 0.15) is 23.4 Å². The summed E-state index contributed by atoms with van der Waals surface area (Å²) in [4.78, 5) is 56.8. The fraction of sp³-hybridized carbons (Fsp3) is 0.618. The van der Waals surface area contributed by atoms with E-state index in [9.17, 15) is 19.2 Å². The third-order valence-corrected chi connectivity index (χ3v) is 9.32. The molecule has 1 aromatic carbocycles. The highest BCUT2D eigenvalue weighted by Gasteiger charge is 2.50. The van der Waals surface area contributed by atoms with Crippen molar-refractivity contribution in [3.05, 3.63) is 47.3 Å². The van der Waals surface area contributed by atoms with Gasteiger partial charge in [-0.2, -0.15) is 0 Å². The number of rotatable bonds is 16. The van der Waals surface area contributed by atoms with Gasteiger partial charge in [0.05, 0.1) is 38.7 Å². The maximum Gasteiger partial charge on any atom is 0.290 e. The normalized spacial score (nSPS) is 21.8. The second-order valence-electron chi connectivity index (χ2n) is 13.0. The molecule has 5 rings (SSSR count). The van der Waals surface area contributed by atoms with Gasteiger partial charge in [-0.15, -0.1) is 0 Å². The SMILES string of the molecule is COc1ccc(C[C@H](NC(=O)[C@@H](CCN2CCOCC2)NC(=O)c2cc(C)no2)C(=O)N[C@@H](CC2CCCC2)C(=O)[C@@]2(C)CO2)cc1. The molecule has 3 fully saturated rings. The molecule has 0 unspecified atom stereocenters. The predicted molar refractivity (Wildman–Crippen MR) is 171 cm³/mol. The topological polar surface area (TPSA) is 165 Å². The number of ketones is 1. The number of hydrogen-bond acceptors (Lipinski definition) is 10. The van der Waals surface area contributed by atoms with Crippen molar-refractivity contribution in [2.75, 3.05) is 46.6 Å². The fourth-order valence-corrected chi connectivity index (χ4v) is 6.29. The summed E-state index contributed by atoms with van der Waals surface area (Å²) in [7, 11) is 1.57. The van der Waals surface area contributed by atoms with Crippen LogP contribution in [-0.4, -0.2) is 104 Å². The summed E-state index contributed by atoms with van der Waals surface area (Å²) in [6, 6.07) is 5.99. The highest BCUT2D eigenvalue weighted by molar-refractivity contribution is 5.99. The van der Waals surface area contributed by atoms with Gasteiger partial charge in [0.2, 0.25) is 17.6 Å². The number of aromatic nitrogens is 1. The maximum atomic E-state index is 14.0. The zero-order valence-corrected chi connectivity index (χ0v) is 27.5. The molecule has 3 heterocycles. The number of methoxy groups -OCH3 is 1. The number of hydrogen-bond donors (Lipinski definition) is 3. The first kappa shape index (κ1) is 34.5. The van der Waals surface area contributed by atoms with Crippen LogP contribution in [0, 0.1) is 12.8 Å². The average molecular weight is 654 g/mol. The van der Waals surface area contributed by atoms with Crippen LogP contribution in [0.4, 0.5) is 0 Å². The number of morpholine rings is 1. The smallest absolute Gasteiger partial charge is 0.290 e. The molecule has 1 aliphatic carbocycles. The summed E-state index contributed by atoms with van der Waals surface area (Å²) in [5, 5.41) is 12.5. The van der Waals surface area contributed by atoms with Crippen molar-refractivity contribution < 1.29 is 37.9 Å². The predicted octanol–water partition coefficient (Wildman–Crippen LogP) is 1.96. The highest BCUT2D eigenvalue weighted by Crippen LogP contribution is 2.33. The molecule has 1 saturated carbocycles. The summed E-state index contributed by atoms with van der Waals surface area (Å²) in [5.41, 5.74) is 0.417. The van der Waals surface area contributed by atoms with Crippen LogP contribution >= 0.6 is 0 Å². The van der Waals surface area contributed by atoms with Crippen molar-refractivity contribution >= 4 is 23.5 Å². The second kappa shape index (κ2) is 15.9. The lowest BCUT2D eigenvalue weighted by atomic mass is 9.90. The number of carbonyl (C=O) groups excluding carboxylic acids is 4. The molecule has 256 valence electrons. The Morgan fingerprint density at radius 1 is 1.00 bits per heavy atom. The molecule has 3 N–H and O–H groups in total. The monoisotopic (exact) mass is 653 g/mol. The summed E-state index contributed by atoms with van der Waals surface area (Å²) >= 11 is 0. The second-order valence-corrected chi connectivity index (χ2v) is 13.0. The minimum absolute atomic E-state index is 0.0109. The van der Waals surface area contributed by atoms with E-state index >= 15 is 0 Å². The molecule has 0 spiro atoms. The summed E-state index contributed by atoms with van der Waals surface area (Å²) in [5.74, 6) is -0.739. The van der Waals surface area contributed by atoms with Crippen LogP contribution in [0.1, 0.15) is 67.3 Å². The molecule has 13 nitrogen and oxygen atoms in total. The number of benzene rings is 1. The van der Waals surface area contributed by atoms with Crippen LogP contribution in [0.15, 0.2) is 34.9 Å². The molecule has 2 aromatic rings. The molecule has 2 saturated heterocycles. The van der Waals surface area contributed by atoms with E-state index in [0.29, 0.717) is 69.7 Å². The number of ether oxygens (including phenoxy) is 3. The molecule has 0 radical (unpaired) electrons. The standard InChI is InChI=1S/C34H47N5O8/c1-22-18-29(47-38-22)33(43)35-26(12-13-39-14-16-45-17-15-39)31(41)37-28(20-24-8-10-25(44-3)11-9-24)32(42)36-27(19-23-6-4-5-7-23)30(40)34(2)21-46-34/h8-11,18,23,26-28H,4-7,12-17,19-21H2,1-3H3,(H,35,43)(H,36,42)(H,37,41)/t26-,27+,28+,34-/m1/s1. The number of carbonyl (C=O) groups is 4. The van der Waals surface area contributed by atoms with Gasteiger partial charge in [0.25, 0.3) is 5.91 Å². The van der Waals surface area contributed by atoms with Crippen molar-refractivity contribution in [3.8, 4) is 5.75 Å². The molecular weight excluding hydrogens is 606 g/mol. The number of epoxide rings is 1. The summed E-state index contributed by atoms with van der Waals surface area (Å²) < 4.78 is 21.3. The maximum absolute atomic E-state index is 14.0. The Hall–Kier alpha value is -3.81. The van der Waals surface area contributed by atoms with E-state index in [-0.39, 0.29) is 18.0 Å². The Labute approximate surface area is 275 Å².